The number of carbonyl (C=O) groups excluding carboxylic acids is 1. The molecule has 4 rings (SSSR count). The number of hydrazone groups is 1. The van der Waals surface area contributed by atoms with Gasteiger partial charge in [0.25, 0.3) is 0 Å². The molecule has 2 amide bonds. The Labute approximate surface area is 170 Å². The van der Waals surface area contributed by atoms with Crippen LogP contribution in [0.2, 0.25) is 0 Å². The Hall–Kier alpha value is -3.60. The predicted molar refractivity (Wildman–Crippen MR) is 118 cm³/mol. The quantitative estimate of drug-likeness (QED) is 0.530. The molecule has 3 aromatic rings. The van der Waals surface area contributed by atoms with Crippen molar-refractivity contribution < 1.29 is 4.79 Å². The second kappa shape index (κ2) is 8.19. The third-order valence-electron chi connectivity index (χ3n) is 5.22. The molecule has 0 saturated carbocycles. The van der Waals surface area contributed by atoms with E-state index in [1.807, 2.05) is 74.5 Å². The lowest BCUT2D eigenvalue weighted by Gasteiger charge is -2.28. The van der Waals surface area contributed by atoms with Crippen LogP contribution in [0.5, 0.6) is 0 Å². The van der Waals surface area contributed by atoms with Crippen LogP contribution in [0.25, 0.3) is 0 Å². The summed E-state index contributed by atoms with van der Waals surface area (Å²) in [5.41, 5.74) is 9.79. The first kappa shape index (κ1) is 18.7. The number of amides is 2. The van der Waals surface area contributed by atoms with Gasteiger partial charge < -0.3 is 10.6 Å². The molecule has 3 N–H and O–H groups in total. The molecule has 1 aliphatic rings. The van der Waals surface area contributed by atoms with Crippen LogP contribution in [0, 0.1) is 13.8 Å². The van der Waals surface area contributed by atoms with Crippen molar-refractivity contribution in [2.24, 2.45) is 5.10 Å². The highest BCUT2D eigenvalue weighted by Crippen LogP contribution is 2.32. The Morgan fingerprint density at radius 3 is 2.52 bits per heavy atom. The van der Waals surface area contributed by atoms with Crippen LogP contribution in [0.15, 0.2) is 77.9 Å². The third-order valence-corrected chi connectivity index (χ3v) is 5.22. The average Bonchev–Trinajstić information content (AvgIpc) is 2.75. The molecule has 1 unspecified atom stereocenters. The summed E-state index contributed by atoms with van der Waals surface area (Å²) in [6, 6.07) is 23.9. The van der Waals surface area contributed by atoms with E-state index in [0.717, 1.165) is 28.2 Å². The Bertz CT molecular complexity index is 1060. The largest absolute Gasteiger partial charge is 0.377 e. The van der Waals surface area contributed by atoms with E-state index in [0.29, 0.717) is 6.42 Å². The van der Waals surface area contributed by atoms with Gasteiger partial charge in [0, 0.05) is 23.4 Å². The fourth-order valence-corrected chi connectivity index (χ4v) is 3.49. The molecule has 1 aliphatic heterocycles. The number of anilines is 2. The molecule has 1 atom stereocenters. The number of nitrogens with zero attached hydrogens (tertiary/aromatic N) is 1. The third kappa shape index (κ3) is 4.29. The van der Waals surface area contributed by atoms with Gasteiger partial charge in [-0.25, -0.2) is 10.2 Å². The molecule has 0 spiro atoms. The van der Waals surface area contributed by atoms with Crippen molar-refractivity contribution in [1.82, 2.24) is 5.43 Å². The molecule has 0 aliphatic carbocycles. The number of carbonyl (C=O) groups is 1. The van der Waals surface area contributed by atoms with Crippen LogP contribution in [0.4, 0.5) is 16.2 Å². The number of aryl methyl sites for hydroxylation is 2. The van der Waals surface area contributed by atoms with Crippen molar-refractivity contribution in [3.63, 3.8) is 0 Å². The molecular weight excluding hydrogens is 360 g/mol. The van der Waals surface area contributed by atoms with E-state index in [1.54, 1.807) is 0 Å². The summed E-state index contributed by atoms with van der Waals surface area (Å²) >= 11 is 0. The van der Waals surface area contributed by atoms with Crippen molar-refractivity contribution in [1.29, 1.82) is 0 Å². The molecule has 5 heteroatoms. The van der Waals surface area contributed by atoms with Gasteiger partial charge in [-0.3, -0.25) is 0 Å². The number of nitrogens with one attached hydrogen (secondary N) is 3. The predicted octanol–water partition coefficient (Wildman–Crippen LogP) is 5.39. The fourth-order valence-electron chi connectivity index (χ4n) is 3.49. The van der Waals surface area contributed by atoms with Gasteiger partial charge in [-0.15, -0.1) is 0 Å². The van der Waals surface area contributed by atoms with Gasteiger partial charge in [-0.05, 0) is 48.7 Å². The van der Waals surface area contributed by atoms with Crippen molar-refractivity contribution in [3.8, 4) is 0 Å². The number of urea groups is 1. The van der Waals surface area contributed by atoms with Crippen molar-refractivity contribution in [2.75, 3.05) is 10.6 Å². The van der Waals surface area contributed by atoms with Gasteiger partial charge in [0.15, 0.2) is 0 Å². The Morgan fingerprint density at radius 1 is 0.966 bits per heavy atom. The van der Waals surface area contributed by atoms with Gasteiger partial charge in [0.05, 0.1) is 11.8 Å². The highest BCUT2D eigenvalue weighted by atomic mass is 16.2. The van der Waals surface area contributed by atoms with Gasteiger partial charge in [-0.1, -0.05) is 54.6 Å². The first-order valence-corrected chi connectivity index (χ1v) is 9.72. The van der Waals surface area contributed by atoms with E-state index in [2.05, 4.69) is 33.3 Å². The Morgan fingerprint density at radius 2 is 1.72 bits per heavy atom. The molecular formula is C24H24N4O. The monoisotopic (exact) mass is 384 g/mol. The second-order valence-corrected chi connectivity index (χ2v) is 7.28. The molecule has 0 aromatic heterocycles. The number of benzene rings is 3. The summed E-state index contributed by atoms with van der Waals surface area (Å²) in [6.45, 7) is 4.07. The van der Waals surface area contributed by atoms with Gasteiger partial charge >= 0.3 is 6.03 Å². The Kier molecular flexibility index (Phi) is 5.29. The van der Waals surface area contributed by atoms with Gasteiger partial charge in [-0.2, -0.15) is 5.10 Å². The van der Waals surface area contributed by atoms with E-state index in [9.17, 15) is 4.79 Å². The first-order valence-electron chi connectivity index (χ1n) is 9.72. The molecule has 0 bridgehead atoms. The Balaban J connectivity index is 1.53. The summed E-state index contributed by atoms with van der Waals surface area (Å²) in [4.78, 5) is 12.4. The summed E-state index contributed by atoms with van der Waals surface area (Å²) in [5, 5.41) is 10.9. The lowest BCUT2D eigenvalue weighted by molar-refractivity contribution is 0.252. The number of fused-ring (bicyclic) bond motifs is 1. The van der Waals surface area contributed by atoms with Crippen LogP contribution >= 0.6 is 0 Å². The molecule has 146 valence electrons. The topological polar surface area (TPSA) is 65.5 Å². The van der Waals surface area contributed by atoms with E-state index in [-0.39, 0.29) is 12.1 Å². The van der Waals surface area contributed by atoms with E-state index in [1.165, 1.54) is 11.1 Å². The summed E-state index contributed by atoms with van der Waals surface area (Å²) in [5.74, 6) is 0. The highest BCUT2D eigenvalue weighted by molar-refractivity contribution is 6.07. The van der Waals surface area contributed by atoms with Crippen LogP contribution in [-0.2, 0) is 0 Å². The highest BCUT2D eigenvalue weighted by Gasteiger charge is 2.24. The van der Waals surface area contributed by atoms with Crippen LogP contribution in [0.3, 0.4) is 0 Å². The molecule has 3 aromatic carbocycles. The molecule has 0 saturated heterocycles. The maximum Gasteiger partial charge on any atom is 0.339 e. The number of rotatable bonds is 3. The molecule has 0 radical (unpaired) electrons. The smallest absolute Gasteiger partial charge is 0.339 e. The van der Waals surface area contributed by atoms with E-state index < -0.39 is 0 Å². The minimum absolute atomic E-state index is 0.106. The second-order valence-electron chi connectivity index (χ2n) is 7.28. The summed E-state index contributed by atoms with van der Waals surface area (Å²) in [7, 11) is 0. The van der Waals surface area contributed by atoms with Gasteiger partial charge in [0.2, 0.25) is 0 Å². The molecule has 0 fully saturated rings. The summed E-state index contributed by atoms with van der Waals surface area (Å²) in [6.07, 6.45) is 0.685. The van der Waals surface area contributed by atoms with E-state index in [4.69, 9.17) is 0 Å². The lowest BCUT2D eigenvalue weighted by atomic mass is 9.92. The first-order chi connectivity index (χ1) is 14.1. The van der Waals surface area contributed by atoms with Crippen LogP contribution < -0.4 is 16.1 Å². The van der Waals surface area contributed by atoms with Crippen molar-refractivity contribution in [3.05, 3.63) is 95.1 Å². The minimum Gasteiger partial charge on any atom is -0.377 e. The molecule has 29 heavy (non-hydrogen) atoms. The number of hydrogen-bond acceptors (Lipinski definition) is 3. The zero-order valence-corrected chi connectivity index (χ0v) is 16.6. The standard InChI is InChI=1S/C24H24N4O/c1-16-12-13-19(14-17(16)2)25-24(29)28-27-23-15-22(18-8-4-3-5-9-18)26-21-11-7-6-10-20(21)23/h3-14,22,26H,15H2,1-2H3,(H2,25,28,29). The normalized spacial score (nSPS) is 16.6. The van der Waals surface area contributed by atoms with E-state index >= 15 is 0 Å². The molecule has 5 nitrogen and oxygen atoms in total. The van der Waals surface area contributed by atoms with Crippen LogP contribution in [0.1, 0.15) is 34.7 Å². The average molecular weight is 384 g/mol. The zero-order valence-electron chi connectivity index (χ0n) is 16.6. The number of hydrogen-bond donors (Lipinski definition) is 3. The van der Waals surface area contributed by atoms with Crippen molar-refractivity contribution >= 4 is 23.1 Å². The zero-order chi connectivity index (χ0) is 20.2. The lowest BCUT2D eigenvalue weighted by Crippen LogP contribution is -2.29. The minimum atomic E-state index is -0.354. The van der Waals surface area contributed by atoms with Crippen LogP contribution in [-0.4, -0.2) is 11.7 Å². The number of para-hydroxylation sites is 1. The maximum absolute atomic E-state index is 12.4. The fraction of sp³-hybridized carbons (Fsp3) is 0.167. The molecule has 1 heterocycles. The van der Waals surface area contributed by atoms with Gasteiger partial charge in [0.1, 0.15) is 0 Å². The summed E-state index contributed by atoms with van der Waals surface area (Å²) < 4.78 is 0. The SMILES string of the molecule is Cc1ccc(NC(=O)NN=C2CC(c3ccccc3)Nc3ccccc32)cc1C. The maximum atomic E-state index is 12.4. The van der Waals surface area contributed by atoms with Crippen molar-refractivity contribution in [2.45, 2.75) is 26.3 Å².